The minimum atomic E-state index is -1.37. The van der Waals surface area contributed by atoms with Crippen LogP contribution in [0.5, 0.6) is 11.5 Å². The number of ether oxygens (including phenoxy) is 2. The predicted octanol–water partition coefficient (Wildman–Crippen LogP) is 2.16. The van der Waals surface area contributed by atoms with Crippen molar-refractivity contribution in [2.24, 2.45) is 16.8 Å². The fourth-order valence-electron chi connectivity index (χ4n) is 3.36. The van der Waals surface area contributed by atoms with Gasteiger partial charge in [-0.05, 0) is 19.9 Å². The third-order valence-electron chi connectivity index (χ3n) is 4.48. The summed E-state index contributed by atoms with van der Waals surface area (Å²) in [6.45, 7) is 2.93. The van der Waals surface area contributed by atoms with Crippen LogP contribution in [0, 0.1) is 5.92 Å². The second-order valence-electron chi connectivity index (χ2n) is 6.68. The highest BCUT2D eigenvalue weighted by Gasteiger charge is 2.53. The van der Waals surface area contributed by atoms with Crippen molar-refractivity contribution in [1.82, 2.24) is 0 Å². The molecule has 1 aliphatic heterocycles. The van der Waals surface area contributed by atoms with Crippen LogP contribution in [0.15, 0.2) is 23.1 Å². The van der Waals surface area contributed by atoms with Gasteiger partial charge in [-0.15, -0.1) is 0 Å². The number of allylic oxidation sites excluding steroid dienone is 1. The molecule has 0 unspecified atom stereocenters. The highest BCUT2D eigenvalue weighted by atomic mass is 35.5. The number of carbonyl (C=O) groups excluding carboxylic acids is 3. The molecule has 10 heteroatoms. The molecule has 0 saturated carbocycles. The van der Waals surface area contributed by atoms with Crippen molar-refractivity contribution in [3.8, 4) is 11.5 Å². The van der Waals surface area contributed by atoms with Crippen LogP contribution in [0.25, 0.3) is 0 Å². The molecule has 2 aliphatic rings. The Bertz CT molecular complexity index is 965. The van der Waals surface area contributed by atoms with Gasteiger partial charge < -0.3 is 25.2 Å². The van der Waals surface area contributed by atoms with E-state index in [0.29, 0.717) is 0 Å². The van der Waals surface area contributed by atoms with Gasteiger partial charge >= 0.3 is 5.97 Å². The van der Waals surface area contributed by atoms with Crippen LogP contribution < -0.4 is 15.2 Å². The van der Waals surface area contributed by atoms with E-state index in [0.717, 1.165) is 6.08 Å². The zero-order valence-corrected chi connectivity index (χ0v) is 16.0. The first-order valence-electron chi connectivity index (χ1n) is 8.17. The van der Waals surface area contributed by atoms with Crippen LogP contribution in [0.3, 0.4) is 0 Å². The summed E-state index contributed by atoms with van der Waals surface area (Å²) in [5.41, 5.74) is 3.76. The molecule has 0 spiro atoms. The average Bonchev–Trinajstić information content (AvgIpc) is 2.59. The van der Waals surface area contributed by atoms with Crippen LogP contribution >= 0.6 is 11.6 Å². The van der Waals surface area contributed by atoms with Crippen molar-refractivity contribution < 1.29 is 33.8 Å². The molecule has 0 aromatic heterocycles. The number of hydrogen-bond donors (Lipinski definition) is 2. The van der Waals surface area contributed by atoms with Gasteiger partial charge in [-0.25, -0.2) is 4.79 Å². The molecule has 0 fully saturated rings. The Morgan fingerprint density at radius 1 is 1.46 bits per heavy atom. The number of oxime groups is 1. The summed E-state index contributed by atoms with van der Waals surface area (Å²) >= 11 is 6.32. The van der Waals surface area contributed by atoms with Crippen LogP contribution in [-0.2, 0) is 9.63 Å². The van der Waals surface area contributed by atoms with Crippen molar-refractivity contribution in [2.45, 2.75) is 25.9 Å². The maximum Gasteiger partial charge on any atom is 0.367 e. The van der Waals surface area contributed by atoms with Crippen molar-refractivity contribution in [3.05, 3.63) is 34.1 Å². The van der Waals surface area contributed by atoms with Gasteiger partial charge in [0.25, 0.3) is 0 Å². The van der Waals surface area contributed by atoms with Gasteiger partial charge in [0.2, 0.25) is 0 Å². The number of rotatable bonds is 3. The lowest BCUT2D eigenvalue weighted by atomic mass is 9.73. The molecule has 1 heterocycles. The minimum Gasteiger partial charge on any atom is -0.511 e. The maximum absolute atomic E-state index is 13.1. The van der Waals surface area contributed by atoms with Crippen LogP contribution in [0.1, 0.15) is 41.0 Å². The number of amidine groups is 1. The quantitative estimate of drug-likeness (QED) is 0.336. The van der Waals surface area contributed by atoms with E-state index >= 15 is 0 Å². The number of halogens is 1. The van der Waals surface area contributed by atoms with E-state index in [9.17, 15) is 19.5 Å². The van der Waals surface area contributed by atoms with E-state index in [-0.39, 0.29) is 39.9 Å². The molecule has 3 rings (SSSR count). The normalized spacial score (nSPS) is 23.9. The lowest BCUT2D eigenvalue weighted by Crippen LogP contribution is -2.52. The average molecular weight is 409 g/mol. The SMILES string of the molecule is COc1cc(C(=O)O/N=C(/C)N)c(Cl)c2c1C(=O)[C@H]1C(O)=CC(=O)C[C@]1(C)O2. The molecule has 0 radical (unpaired) electrons. The van der Waals surface area contributed by atoms with E-state index in [1.807, 2.05) is 0 Å². The number of nitrogens with zero attached hydrogens (tertiary/aromatic N) is 1. The Hall–Kier alpha value is -3.07. The van der Waals surface area contributed by atoms with Crippen LogP contribution in [-0.4, -0.2) is 41.2 Å². The van der Waals surface area contributed by atoms with Gasteiger partial charge in [0.1, 0.15) is 34.4 Å². The topological polar surface area (TPSA) is 138 Å². The Balaban J connectivity index is 2.18. The molecular weight excluding hydrogens is 392 g/mol. The minimum absolute atomic E-state index is 0.00319. The molecule has 1 aliphatic carbocycles. The molecule has 0 bridgehead atoms. The summed E-state index contributed by atoms with van der Waals surface area (Å²) in [5.74, 6) is -3.52. The zero-order chi connectivity index (χ0) is 20.8. The number of aliphatic hydroxyl groups excluding tert-OH is 1. The number of hydrogen-bond acceptors (Lipinski definition) is 8. The van der Waals surface area contributed by atoms with E-state index in [1.165, 1.54) is 27.0 Å². The van der Waals surface area contributed by atoms with Crippen molar-refractivity contribution in [1.29, 1.82) is 0 Å². The molecule has 0 amide bonds. The second-order valence-corrected chi connectivity index (χ2v) is 7.06. The first-order chi connectivity index (χ1) is 13.1. The summed E-state index contributed by atoms with van der Waals surface area (Å²) < 4.78 is 11.1. The number of ketones is 2. The fraction of sp³-hybridized carbons (Fsp3) is 0.333. The first-order valence-corrected chi connectivity index (χ1v) is 8.55. The number of nitrogens with two attached hydrogens (primary N) is 1. The van der Waals surface area contributed by atoms with Gasteiger partial charge in [-0.3, -0.25) is 9.59 Å². The molecule has 148 valence electrons. The molecule has 0 saturated heterocycles. The van der Waals surface area contributed by atoms with Crippen molar-refractivity contribution in [2.75, 3.05) is 7.11 Å². The molecule has 1 aromatic rings. The summed E-state index contributed by atoms with van der Waals surface area (Å²) in [6, 6.07) is 1.21. The molecule has 3 N–H and O–H groups in total. The Morgan fingerprint density at radius 2 is 2.14 bits per heavy atom. The van der Waals surface area contributed by atoms with E-state index in [1.54, 1.807) is 0 Å². The number of fused-ring (bicyclic) bond motifs is 2. The maximum atomic E-state index is 13.1. The van der Waals surface area contributed by atoms with E-state index < -0.39 is 34.8 Å². The monoisotopic (exact) mass is 408 g/mol. The van der Waals surface area contributed by atoms with Gasteiger partial charge in [0.15, 0.2) is 17.3 Å². The standard InChI is InChI=1S/C18H17ClN2O7/c1-7(20)21-28-17(25)9-5-11(26-3)12-15(24)13-10(23)4-8(22)6-18(13,2)27-16(12)14(9)19/h4-5,13,23H,6H2,1-3H3,(H2,20,21)/t13-,18+/m1/s1. The predicted molar refractivity (Wildman–Crippen MR) is 97.9 cm³/mol. The molecule has 9 nitrogen and oxygen atoms in total. The highest BCUT2D eigenvalue weighted by Crippen LogP contribution is 2.50. The largest absolute Gasteiger partial charge is 0.511 e. The van der Waals surface area contributed by atoms with E-state index in [2.05, 4.69) is 5.16 Å². The van der Waals surface area contributed by atoms with Crippen molar-refractivity contribution in [3.63, 3.8) is 0 Å². The zero-order valence-electron chi connectivity index (χ0n) is 15.2. The van der Waals surface area contributed by atoms with Gasteiger partial charge in [-0.2, -0.15) is 0 Å². The smallest absolute Gasteiger partial charge is 0.367 e. The Morgan fingerprint density at radius 3 is 2.75 bits per heavy atom. The number of Topliss-reactive ketones (excluding diaryl/α,β-unsaturated/α-hetero) is 1. The first kappa shape index (κ1) is 19.7. The van der Waals surface area contributed by atoms with Gasteiger partial charge in [0.05, 0.1) is 24.1 Å². The summed E-state index contributed by atoms with van der Waals surface area (Å²) in [7, 11) is 1.29. The lowest BCUT2D eigenvalue weighted by Gasteiger charge is -2.43. The highest BCUT2D eigenvalue weighted by molar-refractivity contribution is 6.36. The lowest BCUT2D eigenvalue weighted by molar-refractivity contribution is -0.121. The summed E-state index contributed by atoms with van der Waals surface area (Å²) in [4.78, 5) is 42.0. The number of methoxy groups -OCH3 is 1. The molecular formula is C18H17ClN2O7. The molecule has 28 heavy (non-hydrogen) atoms. The second kappa shape index (κ2) is 6.83. The van der Waals surface area contributed by atoms with Crippen molar-refractivity contribution >= 4 is 35.0 Å². The Kier molecular flexibility index (Phi) is 4.80. The number of aliphatic hydroxyl groups is 1. The summed E-state index contributed by atoms with van der Waals surface area (Å²) in [5, 5.41) is 13.4. The third-order valence-corrected chi connectivity index (χ3v) is 4.86. The molecule has 1 aromatic carbocycles. The number of carbonyl (C=O) groups is 3. The molecule has 2 atom stereocenters. The van der Waals surface area contributed by atoms with Gasteiger partial charge in [0, 0.05) is 6.08 Å². The third kappa shape index (κ3) is 3.07. The van der Waals surface area contributed by atoms with Gasteiger partial charge in [-0.1, -0.05) is 16.8 Å². The Labute approximate surface area is 164 Å². The van der Waals surface area contributed by atoms with Crippen LogP contribution in [0.2, 0.25) is 5.02 Å². The number of benzene rings is 1. The van der Waals surface area contributed by atoms with E-state index in [4.69, 9.17) is 31.6 Å². The summed E-state index contributed by atoms with van der Waals surface area (Å²) in [6.07, 6.45) is 0.850. The van der Waals surface area contributed by atoms with Crippen LogP contribution in [0.4, 0.5) is 0 Å². The fourth-order valence-corrected chi connectivity index (χ4v) is 3.62.